The van der Waals surface area contributed by atoms with Gasteiger partial charge in [0.25, 0.3) is 0 Å². The number of quaternary nitrogens is 2. The maximum atomic E-state index is 5.98. The topological polar surface area (TPSA) is 65.8 Å². The normalized spacial score (nSPS) is 19.3. The molecule has 0 amide bonds. The molecule has 2 aromatic carbocycles. The summed E-state index contributed by atoms with van der Waals surface area (Å²) in [5.74, 6) is 2.44. The Morgan fingerprint density at radius 3 is 2.48 bits per heavy atom. The molecule has 2 heterocycles. The molecule has 0 aromatic heterocycles. The third kappa shape index (κ3) is 7.78. The molecule has 1 unspecified atom stereocenters. The molecule has 2 aromatic rings. The van der Waals surface area contributed by atoms with Crippen molar-refractivity contribution in [1.29, 1.82) is 0 Å². The first-order valence-electron chi connectivity index (χ1n) is 14.4. The average Bonchev–Trinajstić information content (AvgIpc) is 3.65. The fraction of sp³-hybridized carbons (Fsp3) is 0.294. The third-order valence-electron chi connectivity index (χ3n) is 6.50. The Hall–Kier alpha value is -4.00. The molecule has 0 spiro atoms. The quantitative estimate of drug-likeness (QED) is 0.397. The van der Waals surface area contributed by atoms with E-state index in [-0.39, 0.29) is 0 Å². The zero-order valence-electron chi connectivity index (χ0n) is 25.0. The van der Waals surface area contributed by atoms with Gasteiger partial charge in [0.05, 0.1) is 11.4 Å². The van der Waals surface area contributed by atoms with Crippen molar-refractivity contribution in [3.05, 3.63) is 120 Å². The van der Waals surface area contributed by atoms with Crippen LogP contribution in [0, 0.1) is 0 Å². The molecular weight excluding hydrogens is 496 g/mol. The molecular formula is C34H46N4O2+2. The van der Waals surface area contributed by atoms with Crippen LogP contribution in [-0.2, 0) is 0 Å². The van der Waals surface area contributed by atoms with Gasteiger partial charge in [-0.3, -0.25) is 0 Å². The molecule has 0 radical (unpaired) electrons. The van der Waals surface area contributed by atoms with Gasteiger partial charge >= 0.3 is 0 Å². The lowest BCUT2D eigenvalue weighted by Crippen LogP contribution is -3.00. The molecule has 0 saturated carbocycles. The summed E-state index contributed by atoms with van der Waals surface area (Å²) in [6.45, 7) is 8.51. The average molecular weight is 543 g/mol. The third-order valence-corrected chi connectivity index (χ3v) is 6.50. The SMILES string of the molecule is CC.CC.CN(C)C1=C[NH+](C2=C(/C=C/COc3ccccc3[NH3+])CCC/C2=C\C=C2\Nc3ccccc3O2)C=C1. The van der Waals surface area contributed by atoms with Gasteiger partial charge in [0, 0.05) is 37.4 Å². The largest absolute Gasteiger partial charge is 0.483 e. The predicted octanol–water partition coefficient (Wildman–Crippen LogP) is 6.07. The molecule has 1 atom stereocenters. The molecule has 212 valence electrons. The van der Waals surface area contributed by atoms with E-state index in [0.717, 1.165) is 48.0 Å². The Morgan fingerprint density at radius 2 is 1.75 bits per heavy atom. The number of anilines is 1. The van der Waals surface area contributed by atoms with Crippen LogP contribution in [0.3, 0.4) is 0 Å². The van der Waals surface area contributed by atoms with Gasteiger partial charge in [-0.1, -0.05) is 58.0 Å². The number of nitrogens with zero attached hydrogens (tertiary/aromatic N) is 1. The number of hydrogen-bond acceptors (Lipinski definition) is 4. The molecule has 40 heavy (non-hydrogen) atoms. The summed E-state index contributed by atoms with van der Waals surface area (Å²) in [7, 11) is 4.16. The van der Waals surface area contributed by atoms with Gasteiger partial charge in [-0.15, -0.1) is 0 Å². The molecule has 3 aliphatic rings. The summed E-state index contributed by atoms with van der Waals surface area (Å²) in [4.78, 5) is 3.39. The Balaban J connectivity index is 0.00000106. The summed E-state index contributed by atoms with van der Waals surface area (Å²) in [5.41, 5.74) is 11.1. The van der Waals surface area contributed by atoms with Crippen LogP contribution >= 0.6 is 0 Å². The second-order valence-electron chi connectivity index (χ2n) is 9.27. The first-order valence-corrected chi connectivity index (χ1v) is 14.4. The highest BCUT2D eigenvalue weighted by Crippen LogP contribution is 2.33. The molecule has 2 aliphatic heterocycles. The highest BCUT2D eigenvalue weighted by molar-refractivity contribution is 5.64. The second kappa shape index (κ2) is 15.6. The molecule has 6 heteroatoms. The zero-order valence-corrected chi connectivity index (χ0v) is 25.0. The number of hydrogen-bond donors (Lipinski definition) is 3. The predicted molar refractivity (Wildman–Crippen MR) is 166 cm³/mol. The summed E-state index contributed by atoms with van der Waals surface area (Å²) in [5, 5.41) is 3.36. The van der Waals surface area contributed by atoms with Crippen LogP contribution in [0.4, 0.5) is 11.4 Å². The number of ether oxygens (including phenoxy) is 2. The number of allylic oxidation sites excluding steroid dienone is 6. The number of nitrogens with one attached hydrogen (secondary N) is 2. The van der Waals surface area contributed by atoms with E-state index in [0.29, 0.717) is 6.61 Å². The van der Waals surface area contributed by atoms with Gasteiger partial charge in [-0.25, -0.2) is 4.90 Å². The molecule has 1 aliphatic carbocycles. The summed E-state index contributed by atoms with van der Waals surface area (Å²) >= 11 is 0. The Morgan fingerprint density at radius 1 is 1.00 bits per heavy atom. The first-order chi connectivity index (χ1) is 19.6. The van der Waals surface area contributed by atoms with Crippen LogP contribution < -0.4 is 25.4 Å². The minimum absolute atomic E-state index is 0.506. The van der Waals surface area contributed by atoms with Crippen molar-refractivity contribution in [3.8, 4) is 11.5 Å². The van der Waals surface area contributed by atoms with Crippen LogP contribution in [-0.4, -0.2) is 25.6 Å². The molecule has 5 N–H and O–H groups in total. The van der Waals surface area contributed by atoms with E-state index < -0.39 is 0 Å². The highest BCUT2D eigenvalue weighted by atomic mass is 16.5. The van der Waals surface area contributed by atoms with Crippen LogP contribution in [0.5, 0.6) is 11.5 Å². The highest BCUT2D eigenvalue weighted by Gasteiger charge is 2.27. The lowest BCUT2D eigenvalue weighted by atomic mass is 9.90. The number of benzene rings is 2. The Bertz CT molecular complexity index is 1290. The Kier molecular flexibility index (Phi) is 11.9. The van der Waals surface area contributed by atoms with Crippen LogP contribution in [0.1, 0.15) is 47.0 Å². The lowest BCUT2D eigenvalue weighted by Gasteiger charge is -2.22. The zero-order chi connectivity index (χ0) is 28.9. The molecule has 0 fully saturated rings. The van der Waals surface area contributed by atoms with E-state index in [4.69, 9.17) is 9.47 Å². The van der Waals surface area contributed by atoms with Crippen molar-refractivity contribution >= 4 is 11.4 Å². The summed E-state index contributed by atoms with van der Waals surface area (Å²) in [6, 6.07) is 15.9. The van der Waals surface area contributed by atoms with Gasteiger partial charge in [0.1, 0.15) is 24.7 Å². The van der Waals surface area contributed by atoms with Crippen LogP contribution in [0.2, 0.25) is 0 Å². The van der Waals surface area contributed by atoms with Gasteiger partial charge < -0.3 is 25.4 Å². The van der Waals surface area contributed by atoms with Crippen molar-refractivity contribution in [1.82, 2.24) is 4.90 Å². The van der Waals surface area contributed by atoms with Crippen LogP contribution in [0.15, 0.2) is 120 Å². The van der Waals surface area contributed by atoms with Gasteiger partial charge in [-0.2, -0.15) is 0 Å². The van der Waals surface area contributed by atoms with Gasteiger partial charge in [-0.05, 0) is 55.7 Å². The monoisotopic (exact) mass is 542 g/mol. The van der Waals surface area contributed by atoms with E-state index in [1.54, 1.807) is 0 Å². The Labute approximate surface area is 240 Å². The van der Waals surface area contributed by atoms with Crippen molar-refractivity contribution in [2.24, 2.45) is 0 Å². The lowest BCUT2D eigenvalue weighted by molar-refractivity contribution is -0.741. The number of para-hydroxylation sites is 3. The summed E-state index contributed by atoms with van der Waals surface area (Å²) in [6.07, 6.45) is 18.4. The van der Waals surface area contributed by atoms with Gasteiger partial charge in [0.15, 0.2) is 23.1 Å². The number of rotatable bonds is 7. The number of fused-ring (bicyclic) bond motifs is 1. The molecule has 6 nitrogen and oxygen atoms in total. The standard InChI is InChI=1S/C30H32N4O2.2C2H6/c1-33(2)24-18-19-34(21-24)30-22(11-8-20-35-27-14-5-3-12-25(27)31)9-7-10-23(30)16-17-29-32-26-13-4-6-15-28(26)36-29;2*1-2/h3-6,8,11-19,21,32H,7,9-10,20,31H2,1-2H3;2*1-2H3/p+2/b11-8+,23-16+,29-17-;;. The smallest absolute Gasteiger partial charge is 0.198 e. The minimum Gasteiger partial charge on any atom is -0.483 e. The molecule has 0 saturated heterocycles. The maximum absolute atomic E-state index is 5.98. The fourth-order valence-electron chi connectivity index (χ4n) is 4.65. The fourth-order valence-corrected chi connectivity index (χ4v) is 4.65. The van der Waals surface area contributed by atoms with Crippen molar-refractivity contribution in [2.75, 3.05) is 26.0 Å². The van der Waals surface area contributed by atoms with Crippen molar-refractivity contribution in [2.45, 2.75) is 47.0 Å². The molecule has 5 rings (SSSR count). The maximum Gasteiger partial charge on any atom is 0.198 e. The molecule has 0 bridgehead atoms. The number of likely N-dealkylation sites (N-methyl/N-ethyl adjacent to an activating group) is 1. The van der Waals surface area contributed by atoms with Crippen molar-refractivity contribution in [3.63, 3.8) is 0 Å². The second-order valence-corrected chi connectivity index (χ2v) is 9.27. The summed E-state index contributed by atoms with van der Waals surface area (Å²) < 4.78 is 11.9. The van der Waals surface area contributed by atoms with E-state index in [2.05, 4.69) is 66.7 Å². The van der Waals surface area contributed by atoms with E-state index >= 15 is 0 Å². The minimum atomic E-state index is 0.506. The van der Waals surface area contributed by atoms with E-state index in [1.807, 2.05) is 82.3 Å². The first kappa shape index (κ1) is 30.5. The van der Waals surface area contributed by atoms with Gasteiger partial charge in [0.2, 0.25) is 0 Å². The van der Waals surface area contributed by atoms with E-state index in [9.17, 15) is 0 Å². The van der Waals surface area contributed by atoms with Crippen LogP contribution in [0.25, 0.3) is 0 Å². The van der Waals surface area contributed by atoms with Crippen molar-refractivity contribution < 1.29 is 20.1 Å². The van der Waals surface area contributed by atoms with E-state index in [1.165, 1.54) is 27.4 Å².